The van der Waals surface area contributed by atoms with E-state index in [1.807, 2.05) is 12.2 Å². The average molecular weight is 296 g/mol. The Bertz CT molecular complexity index is 571. The molecule has 0 spiro atoms. The van der Waals surface area contributed by atoms with Crippen LogP contribution in [0.5, 0.6) is 0 Å². The van der Waals surface area contributed by atoms with Gasteiger partial charge in [-0.25, -0.2) is 4.90 Å². The number of hydrogen-bond acceptors (Lipinski definition) is 2. The minimum absolute atomic E-state index is 0.141. The summed E-state index contributed by atoms with van der Waals surface area (Å²) in [7, 11) is 0. The molecule has 1 heterocycles. The van der Waals surface area contributed by atoms with Crippen molar-refractivity contribution in [1.29, 1.82) is 0 Å². The van der Waals surface area contributed by atoms with Crippen LogP contribution in [0.2, 0.25) is 10.0 Å². The molecule has 0 N–H and O–H groups in total. The number of halogens is 2. The number of benzene rings is 1. The van der Waals surface area contributed by atoms with E-state index in [0.717, 1.165) is 0 Å². The number of imide groups is 1. The van der Waals surface area contributed by atoms with Crippen LogP contribution in [-0.4, -0.2) is 11.8 Å². The van der Waals surface area contributed by atoms with E-state index in [9.17, 15) is 9.59 Å². The molecule has 3 nitrogen and oxygen atoms in total. The zero-order valence-corrected chi connectivity index (χ0v) is 11.5. The lowest BCUT2D eigenvalue weighted by atomic mass is 9.85. The van der Waals surface area contributed by atoms with Gasteiger partial charge < -0.3 is 0 Å². The van der Waals surface area contributed by atoms with Crippen LogP contribution in [0.4, 0.5) is 5.69 Å². The Labute approximate surface area is 120 Å². The van der Waals surface area contributed by atoms with Gasteiger partial charge in [-0.1, -0.05) is 35.4 Å². The van der Waals surface area contributed by atoms with E-state index in [1.165, 1.54) is 4.90 Å². The second kappa shape index (κ2) is 4.66. The number of rotatable bonds is 1. The van der Waals surface area contributed by atoms with Gasteiger partial charge >= 0.3 is 0 Å². The van der Waals surface area contributed by atoms with E-state index < -0.39 is 0 Å². The predicted molar refractivity (Wildman–Crippen MR) is 74.3 cm³/mol. The number of allylic oxidation sites excluding steroid dienone is 2. The fourth-order valence-corrected chi connectivity index (χ4v) is 2.97. The molecule has 1 saturated heterocycles. The SMILES string of the molecule is O=C1C2CC=CCC2C(=O)N1c1ccc(Cl)c(Cl)c1. The molecular formula is C14H11Cl2NO2. The van der Waals surface area contributed by atoms with Crippen molar-refractivity contribution in [3.63, 3.8) is 0 Å². The monoisotopic (exact) mass is 295 g/mol. The first-order valence-corrected chi connectivity index (χ1v) is 6.83. The molecule has 0 aromatic heterocycles. The van der Waals surface area contributed by atoms with Gasteiger partial charge in [-0.15, -0.1) is 0 Å². The lowest BCUT2D eigenvalue weighted by Crippen LogP contribution is -2.30. The molecule has 0 radical (unpaired) electrons. The van der Waals surface area contributed by atoms with Crippen molar-refractivity contribution in [3.05, 3.63) is 40.4 Å². The summed E-state index contributed by atoms with van der Waals surface area (Å²) in [5.74, 6) is -0.741. The van der Waals surface area contributed by atoms with E-state index in [1.54, 1.807) is 18.2 Å². The molecule has 2 aliphatic rings. The van der Waals surface area contributed by atoms with Gasteiger partial charge in [0.2, 0.25) is 11.8 Å². The van der Waals surface area contributed by atoms with Crippen LogP contribution in [0, 0.1) is 11.8 Å². The Hall–Kier alpha value is -1.32. The van der Waals surface area contributed by atoms with Crippen LogP contribution in [0.1, 0.15) is 12.8 Å². The molecule has 98 valence electrons. The van der Waals surface area contributed by atoms with Crippen LogP contribution in [0.25, 0.3) is 0 Å². The summed E-state index contributed by atoms with van der Waals surface area (Å²) in [6, 6.07) is 4.80. The second-order valence-corrected chi connectivity index (χ2v) is 5.58. The molecule has 1 aliphatic carbocycles. The summed E-state index contributed by atoms with van der Waals surface area (Å²) in [4.78, 5) is 25.9. The Morgan fingerprint density at radius 1 is 0.947 bits per heavy atom. The van der Waals surface area contributed by atoms with Crippen molar-refractivity contribution in [2.24, 2.45) is 11.8 Å². The largest absolute Gasteiger partial charge is 0.274 e. The van der Waals surface area contributed by atoms with Crippen molar-refractivity contribution >= 4 is 40.7 Å². The third-order valence-electron chi connectivity index (χ3n) is 3.67. The number of amides is 2. The zero-order chi connectivity index (χ0) is 13.6. The normalized spacial score (nSPS) is 25.9. The Morgan fingerprint density at radius 3 is 2.05 bits per heavy atom. The van der Waals surface area contributed by atoms with Crippen LogP contribution in [-0.2, 0) is 9.59 Å². The maximum absolute atomic E-state index is 12.3. The van der Waals surface area contributed by atoms with Gasteiger partial charge in [0.1, 0.15) is 0 Å². The number of carbonyl (C=O) groups excluding carboxylic acids is 2. The lowest BCUT2D eigenvalue weighted by molar-refractivity contribution is -0.122. The highest BCUT2D eigenvalue weighted by Crippen LogP contribution is 2.38. The second-order valence-electron chi connectivity index (χ2n) is 4.77. The molecule has 2 unspecified atom stereocenters. The average Bonchev–Trinajstić information content (AvgIpc) is 2.66. The summed E-state index contributed by atoms with van der Waals surface area (Å²) in [6.45, 7) is 0. The lowest BCUT2D eigenvalue weighted by Gasteiger charge is -2.15. The molecule has 0 bridgehead atoms. The van der Waals surface area contributed by atoms with Gasteiger partial charge in [0, 0.05) is 0 Å². The van der Waals surface area contributed by atoms with Gasteiger partial charge in [0.05, 0.1) is 27.6 Å². The smallest absolute Gasteiger partial charge is 0.238 e. The summed E-state index contributed by atoms with van der Waals surface area (Å²) in [5, 5.41) is 0.747. The highest BCUT2D eigenvalue weighted by molar-refractivity contribution is 6.42. The highest BCUT2D eigenvalue weighted by Gasteiger charge is 2.47. The Balaban J connectivity index is 1.99. The van der Waals surface area contributed by atoms with E-state index >= 15 is 0 Å². The van der Waals surface area contributed by atoms with Crippen LogP contribution < -0.4 is 4.90 Å². The minimum atomic E-state index is -0.230. The molecule has 3 rings (SSSR count). The van der Waals surface area contributed by atoms with Gasteiger partial charge in [-0.05, 0) is 31.0 Å². The van der Waals surface area contributed by atoms with Crippen molar-refractivity contribution in [3.8, 4) is 0 Å². The van der Waals surface area contributed by atoms with E-state index in [-0.39, 0.29) is 23.7 Å². The summed E-state index contributed by atoms with van der Waals surface area (Å²) >= 11 is 11.8. The van der Waals surface area contributed by atoms with Gasteiger partial charge in [-0.2, -0.15) is 0 Å². The molecule has 2 atom stereocenters. The first kappa shape index (κ1) is 12.7. The number of hydrogen-bond donors (Lipinski definition) is 0. The molecule has 0 saturated carbocycles. The molecule has 19 heavy (non-hydrogen) atoms. The number of carbonyl (C=O) groups is 2. The van der Waals surface area contributed by atoms with Crippen molar-refractivity contribution in [2.75, 3.05) is 4.90 Å². The number of nitrogens with zero attached hydrogens (tertiary/aromatic N) is 1. The van der Waals surface area contributed by atoms with Crippen LogP contribution >= 0.6 is 23.2 Å². The zero-order valence-electron chi connectivity index (χ0n) is 9.98. The van der Waals surface area contributed by atoms with Crippen LogP contribution in [0.15, 0.2) is 30.4 Å². The first-order valence-electron chi connectivity index (χ1n) is 6.07. The summed E-state index contributed by atoms with van der Waals surface area (Å²) in [6.07, 6.45) is 5.19. The standard InChI is InChI=1S/C14H11Cl2NO2/c15-11-6-5-8(7-12(11)16)17-13(18)9-3-1-2-4-10(9)14(17)19/h1-2,5-7,9-10H,3-4H2. The number of fused-ring (bicyclic) bond motifs is 1. The third-order valence-corrected chi connectivity index (χ3v) is 4.41. The molecule has 1 aliphatic heterocycles. The molecular weight excluding hydrogens is 285 g/mol. The first-order chi connectivity index (χ1) is 9.09. The fourth-order valence-electron chi connectivity index (χ4n) is 2.68. The molecule has 1 aromatic carbocycles. The molecule has 1 fully saturated rings. The third kappa shape index (κ3) is 1.97. The van der Waals surface area contributed by atoms with E-state index in [0.29, 0.717) is 28.6 Å². The summed E-state index contributed by atoms with van der Waals surface area (Å²) in [5.41, 5.74) is 0.499. The number of anilines is 1. The van der Waals surface area contributed by atoms with Crippen molar-refractivity contribution in [1.82, 2.24) is 0 Å². The highest BCUT2D eigenvalue weighted by atomic mass is 35.5. The van der Waals surface area contributed by atoms with Crippen LogP contribution in [0.3, 0.4) is 0 Å². The molecule has 1 aromatic rings. The fraction of sp³-hybridized carbons (Fsp3) is 0.286. The maximum Gasteiger partial charge on any atom is 0.238 e. The van der Waals surface area contributed by atoms with Crippen molar-refractivity contribution < 1.29 is 9.59 Å². The van der Waals surface area contributed by atoms with Crippen molar-refractivity contribution in [2.45, 2.75) is 12.8 Å². The predicted octanol–water partition coefficient (Wildman–Crippen LogP) is 3.45. The quantitative estimate of drug-likeness (QED) is 0.588. The maximum atomic E-state index is 12.3. The summed E-state index contributed by atoms with van der Waals surface area (Å²) < 4.78 is 0. The van der Waals surface area contributed by atoms with Gasteiger partial charge in [0.25, 0.3) is 0 Å². The molecule has 5 heteroatoms. The topological polar surface area (TPSA) is 37.4 Å². The Morgan fingerprint density at radius 2 is 1.53 bits per heavy atom. The van der Waals surface area contributed by atoms with E-state index in [4.69, 9.17) is 23.2 Å². The molecule has 2 amide bonds. The minimum Gasteiger partial charge on any atom is -0.274 e. The van der Waals surface area contributed by atoms with Gasteiger partial charge in [0.15, 0.2) is 0 Å². The van der Waals surface area contributed by atoms with E-state index in [2.05, 4.69) is 0 Å². The van der Waals surface area contributed by atoms with Gasteiger partial charge in [-0.3, -0.25) is 9.59 Å². The Kier molecular flexibility index (Phi) is 3.11.